The molecule has 0 saturated carbocycles. The molecule has 0 aliphatic rings. The summed E-state index contributed by atoms with van der Waals surface area (Å²) in [5, 5.41) is 3.13. The van der Waals surface area contributed by atoms with Gasteiger partial charge in [-0.15, -0.1) is 0 Å². The molecule has 0 saturated heterocycles. The first kappa shape index (κ1) is 25.3. The number of aromatic amines is 1. The number of rotatable bonds is 8. The first-order valence-corrected chi connectivity index (χ1v) is 12.8. The second-order valence-corrected chi connectivity index (χ2v) is 10.4. The summed E-state index contributed by atoms with van der Waals surface area (Å²) in [6.45, 7) is 5.62. The smallest absolute Gasteiger partial charge is 0.259 e. The zero-order valence-corrected chi connectivity index (χ0v) is 21.3. The van der Waals surface area contributed by atoms with Crippen molar-refractivity contribution in [2.45, 2.75) is 33.2 Å². The number of benzene rings is 3. The number of amides is 1. The Balaban J connectivity index is 1.56. The fourth-order valence-corrected chi connectivity index (χ4v) is 4.11. The van der Waals surface area contributed by atoms with E-state index in [4.69, 9.17) is 4.55 Å². The Kier molecular flexibility index (Phi) is 7.67. The van der Waals surface area contributed by atoms with Crippen LogP contribution in [-0.4, -0.2) is 24.6 Å². The fourth-order valence-electron chi connectivity index (χ4n) is 3.77. The van der Waals surface area contributed by atoms with E-state index in [1.54, 1.807) is 18.3 Å². The zero-order valence-electron chi connectivity index (χ0n) is 20.5. The minimum Gasteiger partial charge on any atom is -0.345 e. The van der Waals surface area contributed by atoms with Crippen LogP contribution in [0.2, 0.25) is 0 Å². The van der Waals surface area contributed by atoms with E-state index in [0.29, 0.717) is 17.9 Å². The Labute approximate surface area is 213 Å². The number of aromatic nitrogens is 2. The summed E-state index contributed by atoms with van der Waals surface area (Å²) in [6, 6.07) is 25.3. The van der Waals surface area contributed by atoms with Crippen molar-refractivity contribution < 1.29 is 13.6 Å². The molecule has 1 heterocycles. The summed E-state index contributed by atoms with van der Waals surface area (Å²) in [6.07, 6.45) is 2.29. The van der Waals surface area contributed by atoms with Crippen molar-refractivity contribution >= 4 is 22.9 Å². The van der Waals surface area contributed by atoms with Gasteiger partial charge in [-0.25, -0.2) is 9.19 Å². The summed E-state index contributed by atoms with van der Waals surface area (Å²) >= 11 is -2.13. The highest BCUT2D eigenvalue weighted by Gasteiger charge is 2.26. The molecule has 4 N–H and O–H groups in total. The summed E-state index contributed by atoms with van der Waals surface area (Å²) < 4.78 is 22.4. The maximum atomic E-state index is 12.8. The van der Waals surface area contributed by atoms with Crippen LogP contribution in [0.4, 0.5) is 5.69 Å². The van der Waals surface area contributed by atoms with E-state index in [1.165, 1.54) is 0 Å². The van der Waals surface area contributed by atoms with Crippen LogP contribution in [0.1, 0.15) is 38.2 Å². The Morgan fingerprint density at radius 3 is 2.17 bits per heavy atom. The molecule has 186 valence electrons. The topological polar surface area (TPSA) is 107 Å². The third-order valence-corrected chi connectivity index (χ3v) is 6.22. The quantitative estimate of drug-likeness (QED) is 0.231. The molecular weight excluding hydrogens is 472 g/mol. The highest BCUT2D eigenvalue weighted by molar-refractivity contribution is 7.80. The van der Waals surface area contributed by atoms with Gasteiger partial charge in [-0.2, -0.15) is 0 Å². The fraction of sp³-hybridized carbons (Fsp3) is 0.214. The Morgan fingerprint density at radius 1 is 0.944 bits per heavy atom. The summed E-state index contributed by atoms with van der Waals surface area (Å²) in [4.78, 5) is 20.8. The Morgan fingerprint density at radius 2 is 1.56 bits per heavy atom. The van der Waals surface area contributed by atoms with Gasteiger partial charge in [0, 0.05) is 11.1 Å². The molecule has 4 aromatic rings. The highest BCUT2D eigenvalue weighted by atomic mass is 32.2. The molecule has 7 nitrogen and oxygen atoms in total. The van der Waals surface area contributed by atoms with E-state index in [-0.39, 0.29) is 11.9 Å². The van der Waals surface area contributed by atoms with Crippen LogP contribution in [-0.2, 0) is 22.5 Å². The van der Waals surface area contributed by atoms with Gasteiger partial charge in [0.05, 0.1) is 17.9 Å². The minimum absolute atomic E-state index is 0.0772. The van der Waals surface area contributed by atoms with Crippen molar-refractivity contribution in [3.63, 3.8) is 0 Å². The standard InChI is InChI=1S/C28H30N4O3S/c1-28(2,3)27(33)31-24(17-19-9-15-23(16-10-19)32-36(34)35)26-29-18-25(30-26)22-13-11-21(12-14-22)20-7-5-4-6-8-20/h4-16,18,24,32H,17H2,1-3H3,(H,29,30)(H,31,33)(H,34,35)/t24-/m0/s1. The maximum Gasteiger partial charge on any atom is 0.259 e. The second kappa shape index (κ2) is 10.9. The van der Waals surface area contributed by atoms with E-state index in [0.717, 1.165) is 27.9 Å². The normalized spacial score (nSPS) is 13.1. The minimum atomic E-state index is -2.13. The molecule has 1 aromatic heterocycles. The van der Waals surface area contributed by atoms with Gasteiger partial charge in [-0.3, -0.25) is 14.1 Å². The monoisotopic (exact) mass is 502 g/mol. The van der Waals surface area contributed by atoms with Crippen molar-refractivity contribution in [2.24, 2.45) is 5.41 Å². The zero-order chi connectivity index (χ0) is 25.7. The number of hydrogen-bond donors (Lipinski definition) is 4. The number of carbonyl (C=O) groups is 1. The molecular formula is C28H30N4O3S. The number of nitrogens with one attached hydrogen (secondary N) is 3. The van der Waals surface area contributed by atoms with Gasteiger partial charge in [-0.05, 0) is 40.8 Å². The van der Waals surface area contributed by atoms with E-state index in [1.807, 2.05) is 51.1 Å². The molecule has 8 heteroatoms. The van der Waals surface area contributed by atoms with E-state index >= 15 is 0 Å². The summed E-state index contributed by atoms with van der Waals surface area (Å²) in [5.74, 6) is 0.583. The number of imidazole rings is 1. The van der Waals surface area contributed by atoms with Gasteiger partial charge in [-0.1, -0.05) is 87.5 Å². The number of hydrogen-bond acceptors (Lipinski definition) is 3. The van der Waals surface area contributed by atoms with Gasteiger partial charge >= 0.3 is 0 Å². The van der Waals surface area contributed by atoms with Crippen LogP contribution in [0.25, 0.3) is 22.4 Å². The molecule has 3 aromatic carbocycles. The van der Waals surface area contributed by atoms with Crippen molar-refractivity contribution in [2.75, 3.05) is 4.72 Å². The average molecular weight is 503 g/mol. The van der Waals surface area contributed by atoms with Crippen molar-refractivity contribution in [3.8, 4) is 22.4 Å². The van der Waals surface area contributed by atoms with Crippen molar-refractivity contribution in [1.29, 1.82) is 0 Å². The lowest BCUT2D eigenvalue weighted by atomic mass is 9.94. The molecule has 1 unspecified atom stereocenters. The lowest BCUT2D eigenvalue weighted by Crippen LogP contribution is -2.38. The van der Waals surface area contributed by atoms with Crippen LogP contribution in [0.3, 0.4) is 0 Å². The summed E-state index contributed by atoms with van der Waals surface area (Å²) in [7, 11) is 0. The maximum absolute atomic E-state index is 12.8. The van der Waals surface area contributed by atoms with Gasteiger partial charge in [0.1, 0.15) is 5.82 Å². The SMILES string of the molecule is CC(C)(C)C(=O)N[C@@H](Cc1ccc(NS(=O)O)cc1)c1ncc(-c2ccc(-c3ccccc3)cc2)[nH]1. The van der Waals surface area contributed by atoms with Gasteiger partial charge in [0.15, 0.2) is 0 Å². The molecule has 0 radical (unpaired) electrons. The molecule has 0 spiro atoms. The molecule has 4 rings (SSSR count). The third-order valence-electron chi connectivity index (χ3n) is 5.81. The van der Waals surface area contributed by atoms with Crippen LogP contribution in [0.5, 0.6) is 0 Å². The molecule has 1 amide bonds. The van der Waals surface area contributed by atoms with Gasteiger partial charge in [0.25, 0.3) is 11.3 Å². The first-order chi connectivity index (χ1) is 17.2. The van der Waals surface area contributed by atoms with Crippen LogP contribution < -0.4 is 10.0 Å². The molecule has 2 atom stereocenters. The van der Waals surface area contributed by atoms with E-state index in [2.05, 4.69) is 56.4 Å². The van der Waals surface area contributed by atoms with Crippen molar-refractivity contribution in [3.05, 3.63) is 96.4 Å². The third kappa shape index (κ3) is 6.47. The molecule has 36 heavy (non-hydrogen) atoms. The molecule has 0 aliphatic heterocycles. The lowest BCUT2D eigenvalue weighted by molar-refractivity contribution is -0.129. The average Bonchev–Trinajstić information content (AvgIpc) is 3.35. The lowest BCUT2D eigenvalue weighted by Gasteiger charge is -2.23. The number of nitrogens with zero attached hydrogens (tertiary/aromatic N) is 1. The van der Waals surface area contributed by atoms with Gasteiger partial charge < -0.3 is 10.3 Å². The second-order valence-electron chi connectivity index (χ2n) is 9.65. The Hall–Kier alpha value is -3.75. The number of carbonyl (C=O) groups excluding carboxylic acids is 1. The molecule has 0 bridgehead atoms. The summed E-state index contributed by atoms with van der Waals surface area (Å²) in [5.41, 5.74) is 5.09. The highest BCUT2D eigenvalue weighted by Crippen LogP contribution is 2.26. The molecule has 0 fully saturated rings. The molecule has 0 aliphatic carbocycles. The van der Waals surface area contributed by atoms with Crippen LogP contribution in [0, 0.1) is 5.41 Å². The Bertz CT molecular complexity index is 1330. The van der Waals surface area contributed by atoms with Gasteiger partial charge in [0.2, 0.25) is 5.91 Å². The van der Waals surface area contributed by atoms with E-state index in [9.17, 15) is 9.00 Å². The van der Waals surface area contributed by atoms with Crippen LogP contribution in [0.15, 0.2) is 85.1 Å². The first-order valence-electron chi connectivity index (χ1n) is 11.7. The van der Waals surface area contributed by atoms with Crippen LogP contribution >= 0.6 is 0 Å². The number of anilines is 1. The predicted octanol–water partition coefficient (Wildman–Crippen LogP) is 5.74. The van der Waals surface area contributed by atoms with Crippen molar-refractivity contribution in [1.82, 2.24) is 15.3 Å². The largest absolute Gasteiger partial charge is 0.345 e. The number of H-pyrrole nitrogens is 1. The van der Waals surface area contributed by atoms with E-state index < -0.39 is 16.7 Å². The predicted molar refractivity (Wildman–Crippen MR) is 144 cm³/mol.